The highest BCUT2D eigenvalue weighted by molar-refractivity contribution is 6.01. The van der Waals surface area contributed by atoms with Gasteiger partial charge in [-0.2, -0.15) is 5.26 Å². The molecule has 0 bridgehead atoms. The molecule has 4 heteroatoms. The van der Waals surface area contributed by atoms with Gasteiger partial charge in [-0.1, -0.05) is 19.3 Å². The molecule has 86 valence electrons. The van der Waals surface area contributed by atoms with Gasteiger partial charge in [0.2, 0.25) is 11.8 Å². The summed E-state index contributed by atoms with van der Waals surface area (Å²) >= 11 is 0. The van der Waals surface area contributed by atoms with Gasteiger partial charge in [-0.15, -0.1) is 0 Å². The molecule has 2 amide bonds. The van der Waals surface area contributed by atoms with Gasteiger partial charge in [-0.05, 0) is 25.7 Å². The summed E-state index contributed by atoms with van der Waals surface area (Å²) in [5.74, 6) is -0.580. The molecule has 2 aliphatic carbocycles. The average molecular weight is 220 g/mol. The largest absolute Gasteiger partial charge is 0.295 e. The summed E-state index contributed by atoms with van der Waals surface area (Å²) in [4.78, 5) is 23.4. The molecule has 4 nitrogen and oxygen atoms in total. The van der Waals surface area contributed by atoms with Crippen LogP contribution >= 0.6 is 0 Å². The zero-order chi connectivity index (χ0) is 11.6. The molecule has 0 heterocycles. The Morgan fingerprint density at radius 2 is 1.81 bits per heavy atom. The van der Waals surface area contributed by atoms with E-state index in [-0.39, 0.29) is 17.7 Å². The predicted octanol–water partition coefficient (Wildman–Crippen LogP) is 1.51. The van der Waals surface area contributed by atoms with Gasteiger partial charge in [0.15, 0.2) is 0 Å². The molecule has 16 heavy (non-hydrogen) atoms. The van der Waals surface area contributed by atoms with Gasteiger partial charge >= 0.3 is 0 Å². The van der Waals surface area contributed by atoms with E-state index in [4.69, 9.17) is 5.26 Å². The summed E-state index contributed by atoms with van der Waals surface area (Å²) in [6, 6.07) is 2.00. The highest BCUT2D eigenvalue weighted by atomic mass is 16.2. The first-order valence-corrected chi connectivity index (χ1v) is 5.94. The third kappa shape index (κ3) is 2.08. The van der Waals surface area contributed by atoms with Crippen LogP contribution in [0.5, 0.6) is 0 Å². The first kappa shape index (κ1) is 11.1. The van der Waals surface area contributed by atoms with E-state index in [1.165, 1.54) is 6.42 Å². The minimum Gasteiger partial charge on any atom is -0.295 e. The molecule has 0 aliphatic heterocycles. The molecule has 1 N–H and O–H groups in total. The van der Waals surface area contributed by atoms with Gasteiger partial charge in [0.05, 0.1) is 6.07 Å². The third-order valence-corrected chi connectivity index (χ3v) is 3.61. The minimum absolute atomic E-state index is 0.0211. The molecule has 0 unspecified atom stereocenters. The lowest BCUT2D eigenvalue weighted by atomic mass is 9.88. The molecule has 0 saturated heterocycles. The van der Waals surface area contributed by atoms with Crippen molar-refractivity contribution in [1.29, 1.82) is 5.26 Å². The number of nitriles is 1. The molecule has 0 aromatic carbocycles. The van der Waals surface area contributed by atoms with E-state index in [1.54, 1.807) is 0 Å². The van der Waals surface area contributed by atoms with Crippen molar-refractivity contribution in [2.45, 2.75) is 44.9 Å². The van der Waals surface area contributed by atoms with Gasteiger partial charge in [0.25, 0.3) is 0 Å². The Kier molecular flexibility index (Phi) is 2.95. The van der Waals surface area contributed by atoms with Crippen molar-refractivity contribution in [3.63, 3.8) is 0 Å². The lowest BCUT2D eigenvalue weighted by Gasteiger charge is -2.20. The zero-order valence-electron chi connectivity index (χ0n) is 9.29. The number of rotatable bonds is 2. The van der Waals surface area contributed by atoms with Crippen LogP contribution < -0.4 is 5.32 Å². The molecule has 2 saturated carbocycles. The Balaban J connectivity index is 1.87. The molecular weight excluding hydrogens is 204 g/mol. The van der Waals surface area contributed by atoms with E-state index in [1.807, 2.05) is 6.07 Å². The van der Waals surface area contributed by atoms with Crippen LogP contribution in [0.2, 0.25) is 0 Å². The summed E-state index contributed by atoms with van der Waals surface area (Å²) in [7, 11) is 0. The van der Waals surface area contributed by atoms with E-state index >= 15 is 0 Å². The summed E-state index contributed by atoms with van der Waals surface area (Å²) < 4.78 is 0. The van der Waals surface area contributed by atoms with E-state index in [0.29, 0.717) is 12.8 Å². The van der Waals surface area contributed by atoms with E-state index in [2.05, 4.69) is 5.32 Å². The SMILES string of the molecule is N#CC1(C(=O)NC(=O)C2CCCCC2)CC1. The first-order valence-electron chi connectivity index (χ1n) is 5.94. The molecule has 0 aromatic rings. The van der Waals surface area contributed by atoms with Gasteiger partial charge in [-0.3, -0.25) is 14.9 Å². The van der Waals surface area contributed by atoms with Crippen molar-refractivity contribution >= 4 is 11.8 Å². The van der Waals surface area contributed by atoms with Gasteiger partial charge < -0.3 is 0 Å². The first-order chi connectivity index (χ1) is 7.68. The number of nitrogens with zero attached hydrogens (tertiary/aromatic N) is 1. The zero-order valence-corrected chi connectivity index (χ0v) is 9.29. The Morgan fingerprint density at radius 3 is 2.31 bits per heavy atom. The number of imide groups is 1. The number of hydrogen-bond acceptors (Lipinski definition) is 3. The van der Waals surface area contributed by atoms with Crippen LogP contribution in [-0.4, -0.2) is 11.8 Å². The van der Waals surface area contributed by atoms with Crippen molar-refractivity contribution in [2.75, 3.05) is 0 Å². The predicted molar refractivity (Wildman–Crippen MR) is 57.0 cm³/mol. The lowest BCUT2D eigenvalue weighted by molar-refractivity contribution is -0.135. The minimum atomic E-state index is -0.885. The normalized spacial score (nSPS) is 23.2. The molecule has 0 spiro atoms. The van der Waals surface area contributed by atoms with Crippen molar-refractivity contribution in [2.24, 2.45) is 11.3 Å². The average Bonchev–Trinajstić information content (AvgIpc) is 3.11. The standard InChI is InChI=1S/C12H16N2O2/c13-8-12(6-7-12)11(16)14-10(15)9-4-2-1-3-5-9/h9H,1-7H2,(H,14,15,16). The van der Waals surface area contributed by atoms with Crippen molar-refractivity contribution in [3.05, 3.63) is 0 Å². The maximum absolute atomic E-state index is 11.8. The molecular formula is C12H16N2O2. The van der Waals surface area contributed by atoms with Crippen LogP contribution in [0.3, 0.4) is 0 Å². The van der Waals surface area contributed by atoms with Crippen LogP contribution in [0.1, 0.15) is 44.9 Å². The number of amides is 2. The lowest BCUT2D eigenvalue weighted by Crippen LogP contribution is -2.40. The fourth-order valence-corrected chi connectivity index (χ4v) is 2.21. The number of hydrogen-bond donors (Lipinski definition) is 1. The van der Waals surface area contributed by atoms with Crippen LogP contribution in [-0.2, 0) is 9.59 Å². The number of carbonyl (C=O) groups excluding carboxylic acids is 2. The maximum Gasteiger partial charge on any atom is 0.247 e. The van der Waals surface area contributed by atoms with E-state index in [0.717, 1.165) is 25.7 Å². The Hall–Kier alpha value is -1.37. The van der Waals surface area contributed by atoms with Gasteiger partial charge in [0, 0.05) is 5.92 Å². The fourth-order valence-electron chi connectivity index (χ4n) is 2.21. The molecule has 2 rings (SSSR count). The fraction of sp³-hybridized carbons (Fsp3) is 0.750. The summed E-state index contributed by atoms with van der Waals surface area (Å²) in [5, 5.41) is 11.2. The quantitative estimate of drug-likeness (QED) is 0.717. The second kappa shape index (κ2) is 4.25. The summed E-state index contributed by atoms with van der Waals surface area (Å²) in [6.07, 6.45) is 6.24. The molecule has 2 fully saturated rings. The number of nitrogens with one attached hydrogen (secondary N) is 1. The van der Waals surface area contributed by atoms with E-state index in [9.17, 15) is 9.59 Å². The van der Waals surface area contributed by atoms with Crippen molar-refractivity contribution < 1.29 is 9.59 Å². The topological polar surface area (TPSA) is 70.0 Å². The van der Waals surface area contributed by atoms with Gasteiger partial charge in [-0.25, -0.2) is 0 Å². The summed E-state index contributed by atoms with van der Waals surface area (Å²) in [6.45, 7) is 0. The smallest absolute Gasteiger partial charge is 0.247 e. The van der Waals surface area contributed by atoms with Gasteiger partial charge in [0.1, 0.15) is 5.41 Å². The maximum atomic E-state index is 11.8. The van der Waals surface area contributed by atoms with Crippen LogP contribution in [0.15, 0.2) is 0 Å². The Bertz CT molecular complexity index is 347. The van der Waals surface area contributed by atoms with E-state index < -0.39 is 5.41 Å². The summed E-state index contributed by atoms with van der Waals surface area (Å²) in [5.41, 5.74) is -0.885. The second-order valence-corrected chi connectivity index (χ2v) is 4.85. The van der Waals surface area contributed by atoms with Crippen molar-refractivity contribution in [3.8, 4) is 6.07 Å². The van der Waals surface area contributed by atoms with Crippen LogP contribution in [0.4, 0.5) is 0 Å². The number of carbonyl (C=O) groups is 2. The molecule has 0 atom stereocenters. The molecule has 2 aliphatic rings. The molecule has 0 aromatic heterocycles. The monoisotopic (exact) mass is 220 g/mol. The van der Waals surface area contributed by atoms with Crippen molar-refractivity contribution in [1.82, 2.24) is 5.32 Å². The highest BCUT2D eigenvalue weighted by Crippen LogP contribution is 2.45. The van der Waals surface area contributed by atoms with Crippen LogP contribution in [0.25, 0.3) is 0 Å². The second-order valence-electron chi connectivity index (χ2n) is 4.85. The Labute approximate surface area is 95.0 Å². The Morgan fingerprint density at radius 1 is 1.19 bits per heavy atom. The third-order valence-electron chi connectivity index (χ3n) is 3.61. The highest BCUT2D eigenvalue weighted by Gasteiger charge is 2.51. The van der Waals surface area contributed by atoms with Crippen LogP contribution in [0, 0.1) is 22.7 Å². The molecule has 0 radical (unpaired) electrons.